The van der Waals surface area contributed by atoms with Crippen LogP contribution in [0.3, 0.4) is 0 Å². The molecule has 0 saturated carbocycles. The Kier molecular flexibility index (Phi) is 3.59. The summed E-state index contributed by atoms with van der Waals surface area (Å²) in [5.41, 5.74) is 3.06. The van der Waals surface area contributed by atoms with Gasteiger partial charge in [-0.2, -0.15) is 0 Å². The van der Waals surface area contributed by atoms with Crippen LogP contribution in [0.1, 0.15) is 15.9 Å². The van der Waals surface area contributed by atoms with Gasteiger partial charge in [0, 0.05) is 22.2 Å². The highest BCUT2D eigenvalue weighted by molar-refractivity contribution is 6.32. The molecule has 1 amide bonds. The van der Waals surface area contributed by atoms with Crippen LogP contribution in [0.4, 0.5) is 5.69 Å². The lowest BCUT2D eigenvalue weighted by Gasteiger charge is -2.10. The summed E-state index contributed by atoms with van der Waals surface area (Å²) >= 11 is 6.11. The second kappa shape index (κ2) is 5.54. The number of anilines is 1. The first-order chi connectivity index (χ1) is 10.2. The number of carbonyl (C=O) groups excluding carboxylic acids is 1. The Morgan fingerprint density at radius 1 is 1.10 bits per heavy atom. The van der Waals surface area contributed by atoms with E-state index in [4.69, 9.17) is 11.6 Å². The van der Waals surface area contributed by atoms with Crippen molar-refractivity contribution in [2.24, 2.45) is 0 Å². The molecule has 0 aliphatic carbocycles. The molecular formula is C17H13ClN2O. The molecule has 3 aromatic rings. The van der Waals surface area contributed by atoms with Crippen LogP contribution in [-0.2, 0) is 0 Å². The van der Waals surface area contributed by atoms with Crippen LogP contribution in [0.15, 0.2) is 54.7 Å². The van der Waals surface area contributed by atoms with Gasteiger partial charge in [0.2, 0.25) is 0 Å². The molecule has 1 N–H and O–H groups in total. The number of nitrogens with zero attached hydrogens (tertiary/aromatic N) is 1. The summed E-state index contributed by atoms with van der Waals surface area (Å²) in [6, 6.07) is 14.6. The lowest BCUT2D eigenvalue weighted by Crippen LogP contribution is -2.12. The largest absolute Gasteiger partial charge is 0.321 e. The van der Waals surface area contributed by atoms with E-state index in [0.717, 1.165) is 22.2 Å². The van der Waals surface area contributed by atoms with Crippen molar-refractivity contribution in [2.45, 2.75) is 6.92 Å². The maximum absolute atomic E-state index is 12.3. The van der Waals surface area contributed by atoms with Gasteiger partial charge < -0.3 is 5.32 Å². The Balaban J connectivity index is 2.02. The van der Waals surface area contributed by atoms with E-state index >= 15 is 0 Å². The number of nitrogens with one attached hydrogen (secondary N) is 1. The number of fused-ring (bicyclic) bond motifs is 1. The molecule has 0 aliphatic heterocycles. The molecule has 1 heterocycles. The molecule has 0 aliphatic rings. The van der Waals surface area contributed by atoms with Crippen LogP contribution in [0.5, 0.6) is 0 Å². The number of amides is 1. The maximum Gasteiger partial charge on any atom is 0.255 e. The number of carbonyl (C=O) groups is 1. The van der Waals surface area contributed by atoms with E-state index < -0.39 is 0 Å². The average Bonchev–Trinajstić information content (AvgIpc) is 2.52. The Morgan fingerprint density at radius 3 is 2.62 bits per heavy atom. The van der Waals surface area contributed by atoms with Gasteiger partial charge in [0.15, 0.2) is 0 Å². The van der Waals surface area contributed by atoms with Crippen LogP contribution in [0.2, 0.25) is 5.02 Å². The van der Waals surface area contributed by atoms with Gasteiger partial charge in [0.1, 0.15) is 0 Å². The number of halogens is 1. The van der Waals surface area contributed by atoms with Gasteiger partial charge in [-0.3, -0.25) is 9.78 Å². The predicted molar refractivity (Wildman–Crippen MR) is 85.9 cm³/mol. The molecule has 4 heteroatoms. The fraction of sp³-hybridized carbons (Fsp3) is 0.0588. The lowest BCUT2D eigenvalue weighted by atomic mass is 10.1. The fourth-order valence-corrected chi connectivity index (χ4v) is 2.38. The molecule has 0 bridgehead atoms. The molecule has 104 valence electrons. The highest BCUT2D eigenvalue weighted by Gasteiger charge is 2.10. The van der Waals surface area contributed by atoms with E-state index in [2.05, 4.69) is 10.3 Å². The molecule has 0 radical (unpaired) electrons. The topological polar surface area (TPSA) is 42.0 Å². The van der Waals surface area contributed by atoms with Gasteiger partial charge in [-0.05, 0) is 42.8 Å². The number of hydrogen-bond acceptors (Lipinski definition) is 2. The van der Waals surface area contributed by atoms with Crippen molar-refractivity contribution in [3.63, 3.8) is 0 Å². The molecule has 0 fully saturated rings. The lowest BCUT2D eigenvalue weighted by molar-refractivity contribution is 0.102. The van der Waals surface area contributed by atoms with Gasteiger partial charge >= 0.3 is 0 Å². The highest BCUT2D eigenvalue weighted by atomic mass is 35.5. The Morgan fingerprint density at radius 2 is 1.86 bits per heavy atom. The second-order valence-electron chi connectivity index (χ2n) is 4.75. The van der Waals surface area contributed by atoms with Crippen molar-refractivity contribution in [1.29, 1.82) is 0 Å². The van der Waals surface area contributed by atoms with Gasteiger partial charge in [-0.1, -0.05) is 29.8 Å². The van der Waals surface area contributed by atoms with Gasteiger partial charge in [-0.25, -0.2) is 0 Å². The first-order valence-corrected chi connectivity index (χ1v) is 6.95. The van der Waals surface area contributed by atoms with E-state index in [1.165, 1.54) is 0 Å². The van der Waals surface area contributed by atoms with Crippen molar-refractivity contribution >= 4 is 34.1 Å². The minimum atomic E-state index is -0.143. The standard InChI is InChI=1S/C17H13ClN2O/c1-11-14(18)8-7-13-15(9-10-19-16(11)13)20-17(21)12-5-3-2-4-6-12/h2-10H,1H3,(H,19,20,21). The minimum absolute atomic E-state index is 0.143. The zero-order valence-corrected chi connectivity index (χ0v) is 12.2. The van der Waals surface area contributed by atoms with Crippen LogP contribution < -0.4 is 5.32 Å². The number of aromatic nitrogens is 1. The monoisotopic (exact) mass is 296 g/mol. The molecule has 0 saturated heterocycles. The molecule has 21 heavy (non-hydrogen) atoms. The quantitative estimate of drug-likeness (QED) is 0.759. The Hall–Kier alpha value is -2.39. The van der Waals surface area contributed by atoms with Crippen LogP contribution in [0.25, 0.3) is 10.9 Å². The first kappa shape index (κ1) is 13.6. The smallest absolute Gasteiger partial charge is 0.255 e. The molecule has 3 rings (SSSR count). The zero-order chi connectivity index (χ0) is 14.8. The first-order valence-electron chi connectivity index (χ1n) is 6.57. The van der Waals surface area contributed by atoms with Crippen molar-refractivity contribution in [2.75, 3.05) is 5.32 Å². The number of rotatable bonds is 2. The van der Waals surface area contributed by atoms with Crippen molar-refractivity contribution in [3.8, 4) is 0 Å². The average molecular weight is 297 g/mol. The van der Waals surface area contributed by atoms with E-state index in [1.807, 2.05) is 37.3 Å². The molecule has 2 aromatic carbocycles. The SMILES string of the molecule is Cc1c(Cl)ccc2c(NC(=O)c3ccccc3)ccnc12. The third-order valence-electron chi connectivity index (χ3n) is 3.38. The summed E-state index contributed by atoms with van der Waals surface area (Å²) in [4.78, 5) is 16.6. The summed E-state index contributed by atoms with van der Waals surface area (Å²) in [5.74, 6) is -0.143. The predicted octanol–water partition coefficient (Wildman–Crippen LogP) is 4.45. The van der Waals surface area contributed by atoms with E-state index in [-0.39, 0.29) is 5.91 Å². The number of hydrogen-bond donors (Lipinski definition) is 1. The summed E-state index contributed by atoms with van der Waals surface area (Å²) in [6.07, 6.45) is 1.67. The van der Waals surface area contributed by atoms with Crippen molar-refractivity contribution < 1.29 is 4.79 Å². The molecule has 0 spiro atoms. The maximum atomic E-state index is 12.3. The van der Waals surface area contributed by atoms with Crippen molar-refractivity contribution in [1.82, 2.24) is 4.98 Å². The van der Waals surface area contributed by atoms with E-state index in [0.29, 0.717) is 10.6 Å². The minimum Gasteiger partial charge on any atom is -0.321 e. The Bertz CT molecular complexity index is 816. The molecular weight excluding hydrogens is 284 g/mol. The number of aryl methyl sites for hydroxylation is 1. The van der Waals surface area contributed by atoms with Crippen LogP contribution >= 0.6 is 11.6 Å². The molecule has 0 atom stereocenters. The van der Waals surface area contributed by atoms with E-state index in [9.17, 15) is 4.79 Å². The van der Waals surface area contributed by atoms with Crippen LogP contribution in [0, 0.1) is 6.92 Å². The summed E-state index contributed by atoms with van der Waals surface area (Å²) in [5, 5.41) is 4.47. The molecule has 0 unspecified atom stereocenters. The molecule has 3 nitrogen and oxygen atoms in total. The van der Waals surface area contributed by atoms with Gasteiger partial charge in [-0.15, -0.1) is 0 Å². The second-order valence-corrected chi connectivity index (χ2v) is 5.15. The number of benzene rings is 2. The number of pyridine rings is 1. The van der Waals surface area contributed by atoms with Gasteiger partial charge in [0.05, 0.1) is 11.2 Å². The normalized spacial score (nSPS) is 10.6. The summed E-state index contributed by atoms with van der Waals surface area (Å²) < 4.78 is 0. The van der Waals surface area contributed by atoms with Crippen LogP contribution in [-0.4, -0.2) is 10.9 Å². The van der Waals surface area contributed by atoms with Crippen molar-refractivity contribution in [3.05, 3.63) is 70.9 Å². The third kappa shape index (κ3) is 2.60. The zero-order valence-electron chi connectivity index (χ0n) is 11.4. The Labute approximate surface area is 127 Å². The molecule has 1 aromatic heterocycles. The highest BCUT2D eigenvalue weighted by Crippen LogP contribution is 2.28. The van der Waals surface area contributed by atoms with E-state index in [1.54, 1.807) is 24.4 Å². The summed E-state index contributed by atoms with van der Waals surface area (Å²) in [7, 11) is 0. The third-order valence-corrected chi connectivity index (χ3v) is 3.79. The summed E-state index contributed by atoms with van der Waals surface area (Å²) in [6.45, 7) is 1.92. The fourth-order valence-electron chi connectivity index (χ4n) is 2.23. The van der Waals surface area contributed by atoms with Gasteiger partial charge in [0.25, 0.3) is 5.91 Å².